The van der Waals surface area contributed by atoms with Gasteiger partial charge in [-0.25, -0.2) is 0 Å². The number of aryl methyl sites for hydroxylation is 1. The van der Waals surface area contributed by atoms with E-state index in [-0.39, 0.29) is 5.41 Å². The molecule has 1 saturated carbocycles. The van der Waals surface area contributed by atoms with Crippen LogP contribution in [0.3, 0.4) is 0 Å². The van der Waals surface area contributed by atoms with E-state index in [1.54, 1.807) is 0 Å². The van der Waals surface area contributed by atoms with Crippen LogP contribution in [0.4, 0.5) is 0 Å². The molecule has 0 amide bonds. The Morgan fingerprint density at radius 3 is 3.00 bits per heavy atom. The van der Waals surface area contributed by atoms with Gasteiger partial charge in [0.2, 0.25) is 0 Å². The molecule has 1 aromatic rings. The van der Waals surface area contributed by atoms with Gasteiger partial charge < -0.3 is 10.1 Å². The van der Waals surface area contributed by atoms with Gasteiger partial charge in [-0.3, -0.25) is 0 Å². The number of hydrogen-bond acceptors (Lipinski definition) is 2. The SMILES string of the molecule is Cc1cccc(CNC2C3CCCOC3C2(C)C)c1. The lowest BCUT2D eigenvalue weighted by molar-refractivity contribution is -0.192. The van der Waals surface area contributed by atoms with Crippen molar-refractivity contribution >= 4 is 0 Å². The Kier molecular flexibility index (Phi) is 3.40. The molecule has 0 aromatic heterocycles. The van der Waals surface area contributed by atoms with Crippen molar-refractivity contribution in [2.24, 2.45) is 11.3 Å². The van der Waals surface area contributed by atoms with Crippen molar-refractivity contribution in [1.82, 2.24) is 5.32 Å². The van der Waals surface area contributed by atoms with Crippen molar-refractivity contribution in [3.63, 3.8) is 0 Å². The summed E-state index contributed by atoms with van der Waals surface area (Å²) < 4.78 is 5.95. The average Bonchev–Trinajstić information content (AvgIpc) is 2.39. The molecule has 3 unspecified atom stereocenters. The van der Waals surface area contributed by atoms with E-state index < -0.39 is 0 Å². The second kappa shape index (κ2) is 4.92. The summed E-state index contributed by atoms with van der Waals surface area (Å²) >= 11 is 0. The number of benzene rings is 1. The van der Waals surface area contributed by atoms with Crippen LogP contribution in [0.25, 0.3) is 0 Å². The molecule has 104 valence electrons. The normalized spacial score (nSPS) is 32.5. The molecule has 2 nitrogen and oxygen atoms in total. The molecule has 3 rings (SSSR count). The van der Waals surface area contributed by atoms with E-state index in [0.29, 0.717) is 18.1 Å². The van der Waals surface area contributed by atoms with Crippen LogP contribution >= 0.6 is 0 Å². The van der Waals surface area contributed by atoms with Gasteiger partial charge in [0.05, 0.1) is 6.10 Å². The lowest BCUT2D eigenvalue weighted by atomic mass is 9.55. The van der Waals surface area contributed by atoms with E-state index in [0.717, 1.165) is 13.2 Å². The topological polar surface area (TPSA) is 21.3 Å². The summed E-state index contributed by atoms with van der Waals surface area (Å²) in [5.74, 6) is 0.716. The highest BCUT2D eigenvalue weighted by molar-refractivity contribution is 5.22. The first-order chi connectivity index (χ1) is 9.09. The van der Waals surface area contributed by atoms with E-state index in [9.17, 15) is 0 Å². The molecule has 0 radical (unpaired) electrons. The molecule has 3 atom stereocenters. The molecule has 19 heavy (non-hydrogen) atoms. The molecule has 1 saturated heterocycles. The van der Waals surface area contributed by atoms with Crippen LogP contribution in [0.1, 0.15) is 37.8 Å². The van der Waals surface area contributed by atoms with Crippen LogP contribution in [0.15, 0.2) is 24.3 Å². The van der Waals surface area contributed by atoms with Gasteiger partial charge in [0.25, 0.3) is 0 Å². The zero-order valence-corrected chi connectivity index (χ0v) is 12.3. The van der Waals surface area contributed by atoms with Gasteiger partial charge in [0.1, 0.15) is 0 Å². The molecule has 2 aliphatic rings. The number of rotatable bonds is 3. The fourth-order valence-corrected chi connectivity index (χ4v) is 3.99. The van der Waals surface area contributed by atoms with E-state index in [1.165, 1.54) is 24.0 Å². The average molecular weight is 259 g/mol. The van der Waals surface area contributed by atoms with E-state index >= 15 is 0 Å². The molecule has 0 spiro atoms. The maximum Gasteiger partial charge on any atom is 0.0684 e. The Morgan fingerprint density at radius 2 is 2.21 bits per heavy atom. The van der Waals surface area contributed by atoms with Crippen LogP contribution in [0.2, 0.25) is 0 Å². The van der Waals surface area contributed by atoms with E-state index in [1.807, 2.05) is 0 Å². The predicted molar refractivity (Wildman–Crippen MR) is 78.1 cm³/mol. The Balaban J connectivity index is 1.63. The van der Waals surface area contributed by atoms with E-state index in [2.05, 4.69) is 50.4 Å². The Labute approximate surface area is 116 Å². The number of fused-ring (bicyclic) bond motifs is 1. The van der Waals surface area contributed by atoms with Gasteiger partial charge in [-0.1, -0.05) is 43.7 Å². The minimum atomic E-state index is 0.273. The highest BCUT2D eigenvalue weighted by Gasteiger charge is 2.57. The molecule has 1 N–H and O–H groups in total. The van der Waals surface area contributed by atoms with Crippen molar-refractivity contribution in [1.29, 1.82) is 0 Å². The first kappa shape index (κ1) is 13.1. The first-order valence-corrected chi connectivity index (χ1v) is 7.49. The molecule has 1 aliphatic carbocycles. The van der Waals surface area contributed by atoms with Gasteiger partial charge in [0.15, 0.2) is 0 Å². The number of hydrogen-bond donors (Lipinski definition) is 1. The second-order valence-electron chi connectivity index (χ2n) is 6.77. The Morgan fingerprint density at radius 1 is 1.37 bits per heavy atom. The lowest BCUT2D eigenvalue weighted by Gasteiger charge is -2.60. The van der Waals surface area contributed by atoms with E-state index in [4.69, 9.17) is 4.74 Å². The smallest absolute Gasteiger partial charge is 0.0684 e. The number of nitrogens with one attached hydrogen (secondary N) is 1. The third kappa shape index (κ3) is 2.32. The minimum absolute atomic E-state index is 0.273. The molecule has 0 bridgehead atoms. The van der Waals surface area contributed by atoms with Gasteiger partial charge in [-0.2, -0.15) is 0 Å². The summed E-state index contributed by atoms with van der Waals surface area (Å²) in [6.07, 6.45) is 3.01. The van der Waals surface area contributed by atoms with Crippen molar-refractivity contribution in [3.05, 3.63) is 35.4 Å². The molecule has 2 heteroatoms. The van der Waals surface area contributed by atoms with Gasteiger partial charge in [-0.05, 0) is 25.3 Å². The maximum atomic E-state index is 5.95. The zero-order valence-electron chi connectivity index (χ0n) is 12.3. The lowest BCUT2D eigenvalue weighted by Crippen LogP contribution is -2.69. The third-order valence-electron chi connectivity index (χ3n) is 4.94. The van der Waals surface area contributed by atoms with Crippen molar-refractivity contribution in [3.8, 4) is 0 Å². The van der Waals surface area contributed by atoms with Crippen molar-refractivity contribution in [2.75, 3.05) is 6.61 Å². The standard InChI is InChI=1S/C17H25NO/c1-12-6-4-7-13(10-12)11-18-15-14-8-5-9-19-16(14)17(15,2)3/h4,6-7,10,14-16,18H,5,8-9,11H2,1-3H3. The molecule has 1 aromatic carbocycles. The van der Waals surface area contributed by atoms with Crippen LogP contribution in [0, 0.1) is 18.3 Å². The Bertz CT molecular complexity index is 454. The molecular weight excluding hydrogens is 234 g/mol. The number of ether oxygens (including phenoxy) is 1. The molecule has 1 heterocycles. The predicted octanol–water partition coefficient (Wildman–Crippen LogP) is 3.29. The third-order valence-corrected chi connectivity index (χ3v) is 4.94. The largest absolute Gasteiger partial charge is 0.377 e. The summed E-state index contributed by atoms with van der Waals surface area (Å²) in [5.41, 5.74) is 3.00. The molecular formula is C17H25NO. The van der Waals surface area contributed by atoms with Gasteiger partial charge in [0, 0.05) is 30.5 Å². The van der Waals surface area contributed by atoms with Crippen LogP contribution in [-0.2, 0) is 11.3 Å². The van der Waals surface area contributed by atoms with Crippen LogP contribution in [0.5, 0.6) is 0 Å². The Hall–Kier alpha value is -0.860. The second-order valence-corrected chi connectivity index (χ2v) is 6.77. The monoisotopic (exact) mass is 259 g/mol. The highest BCUT2D eigenvalue weighted by atomic mass is 16.5. The maximum absolute atomic E-state index is 5.95. The summed E-state index contributed by atoms with van der Waals surface area (Å²) in [7, 11) is 0. The molecule has 2 fully saturated rings. The summed E-state index contributed by atoms with van der Waals surface area (Å²) in [6, 6.07) is 9.37. The van der Waals surface area contributed by atoms with Gasteiger partial charge in [-0.15, -0.1) is 0 Å². The molecule has 1 aliphatic heterocycles. The summed E-state index contributed by atoms with van der Waals surface area (Å²) in [5, 5.41) is 3.77. The van der Waals surface area contributed by atoms with Crippen molar-refractivity contribution in [2.45, 2.75) is 52.3 Å². The van der Waals surface area contributed by atoms with Gasteiger partial charge >= 0.3 is 0 Å². The summed E-state index contributed by atoms with van der Waals surface area (Å²) in [6.45, 7) is 8.76. The fourth-order valence-electron chi connectivity index (χ4n) is 3.99. The highest BCUT2D eigenvalue weighted by Crippen LogP contribution is 2.51. The quantitative estimate of drug-likeness (QED) is 0.899. The summed E-state index contributed by atoms with van der Waals surface area (Å²) in [4.78, 5) is 0. The zero-order chi connectivity index (χ0) is 13.5. The first-order valence-electron chi connectivity index (χ1n) is 7.49. The fraction of sp³-hybridized carbons (Fsp3) is 0.647. The van der Waals surface area contributed by atoms with Crippen molar-refractivity contribution < 1.29 is 4.74 Å². The minimum Gasteiger partial charge on any atom is -0.377 e. The van der Waals surface area contributed by atoms with Crippen LogP contribution in [-0.4, -0.2) is 18.8 Å². The van der Waals surface area contributed by atoms with Crippen LogP contribution < -0.4 is 5.32 Å².